The minimum atomic E-state index is -0.445. The normalized spacial score (nSPS) is 33.6. The Morgan fingerprint density at radius 3 is 2.94 bits per heavy atom. The summed E-state index contributed by atoms with van der Waals surface area (Å²) < 4.78 is 5.54. The topological polar surface area (TPSA) is 65.4 Å². The summed E-state index contributed by atoms with van der Waals surface area (Å²) in [5.74, 6) is 0.750. The molecule has 2 fully saturated rings. The number of amides is 2. The Morgan fingerprint density at radius 2 is 2.35 bits per heavy atom. The first-order chi connectivity index (χ1) is 7.95. The van der Waals surface area contributed by atoms with Crippen molar-refractivity contribution in [2.45, 2.75) is 45.3 Å². The second-order valence-electron chi connectivity index (χ2n) is 5.48. The number of hydrogen-bond acceptors (Lipinski definition) is 3. The maximum atomic E-state index is 11.9. The molecule has 0 aromatic carbocycles. The van der Waals surface area contributed by atoms with Gasteiger partial charge in [-0.05, 0) is 12.8 Å². The van der Waals surface area contributed by atoms with Crippen molar-refractivity contribution >= 4 is 11.9 Å². The second-order valence-corrected chi connectivity index (χ2v) is 5.48. The maximum absolute atomic E-state index is 11.9. The van der Waals surface area contributed by atoms with Crippen molar-refractivity contribution < 1.29 is 9.53 Å². The molecule has 0 saturated carbocycles. The summed E-state index contributed by atoms with van der Waals surface area (Å²) in [6.07, 6.45) is 1.55. The summed E-state index contributed by atoms with van der Waals surface area (Å²) in [6, 6.07) is -0.127. The Bertz CT molecular complexity index is 343. The largest absolute Gasteiger partial charge is 0.378 e. The SMILES string of the molecule is CC(C)CN1C(=O)NC(=N)C12CCOC(C)C2. The number of carbonyl (C=O) groups is 1. The third-order valence-corrected chi connectivity index (χ3v) is 3.55. The standard InChI is InChI=1S/C12H21N3O2/c1-8(2)7-15-11(16)14-10(13)12(15)4-5-17-9(3)6-12/h8-9H,4-7H2,1-3H3,(H2,13,14,16). The van der Waals surface area contributed by atoms with Crippen LogP contribution in [-0.2, 0) is 4.74 Å². The van der Waals surface area contributed by atoms with Gasteiger partial charge in [0.2, 0.25) is 0 Å². The van der Waals surface area contributed by atoms with Crippen molar-refractivity contribution in [1.29, 1.82) is 5.41 Å². The lowest BCUT2D eigenvalue weighted by Crippen LogP contribution is -2.55. The minimum Gasteiger partial charge on any atom is -0.378 e. The van der Waals surface area contributed by atoms with Crippen LogP contribution in [0.15, 0.2) is 0 Å². The van der Waals surface area contributed by atoms with E-state index in [9.17, 15) is 4.79 Å². The Hall–Kier alpha value is -1.10. The van der Waals surface area contributed by atoms with Crippen LogP contribution in [0, 0.1) is 11.3 Å². The van der Waals surface area contributed by atoms with Gasteiger partial charge < -0.3 is 9.64 Å². The lowest BCUT2D eigenvalue weighted by atomic mass is 9.85. The van der Waals surface area contributed by atoms with Crippen LogP contribution in [0.1, 0.15) is 33.6 Å². The fourth-order valence-corrected chi connectivity index (χ4v) is 2.78. The molecule has 0 radical (unpaired) electrons. The van der Waals surface area contributed by atoms with E-state index in [2.05, 4.69) is 19.2 Å². The summed E-state index contributed by atoms with van der Waals surface area (Å²) >= 11 is 0. The molecule has 2 unspecified atom stereocenters. The average molecular weight is 239 g/mol. The highest BCUT2D eigenvalue weighted by atomic mass is 16.5. The van der Waals surface area contributed by atoms with Crippen LogP contribution in [0.5, 0.6) is 0 Å². The molecule has 0 bridgehead atoms. The molecule has 1 spiro atoms. The Labute approximate surface area is 102 Å². The summed E-state index contributed by atoms with van der Waals surface area (Å²) in [5, 5.41) is 10.7. The quantitative estimate of drug-likeness (QED) is 0.768. The lowest BCUT2D eigenvalue weighted by Gasteiger charge is -2.42. The van der Waals surface area contributed by atoms with Gasteiger partial charge in [0.25, 0.3) is 0 Å². The predicted octanol–water partition coefficient (Wildman–Crippen LogP) is 1.58. The fourth-order valence-electron chi connectivity index (χ4n) is 2.78. The van der Waals surface area contributed by atoms with Gasteiger partial charge >= 0.3 is 6.03 Å². The van der Waals surface area contributed by atoms with E-state index in [1.54, 1.807) is 0 Å². The molecule has 2 atom stereocenters. The molecule has 5 nitrogen and oxygen atoms in total. The lowest BCUT2D eigenvalue weighted by molar-refractivity contribution is -0.0246. The van der Waals surface area contributed by atoms with Gasteiger partial charge in [-0.25, -0.2) is 4.79 Å². The number of rotatable bonds is 2. The van der Waals surface area contributed by atoms with Crippen LogP contribution >= 0.6 is 0 Å². The number of hydrogen-bond donors (Lipinski definition) is 2. The zero-order valence-electron chi connectivity index (χ0n) is 10.7. The van der Waals surface area contributed by atoms with Crippen molar-refractivity contribution in [2.24, 2.45) is 5.92 Å². The first-order valence-electron chi connectivity index (χ1n) is 6.25. The maximum Gasteiger partial charge on any atom is 0.323 e. The van der Waals surface area contributed by atoms with E-state index in [0.29, 0.717) is 24.9 Å². The van der Waals surface area contributed by atoms with Crippen molar-refractivity contribution in [3.8, 4) is 0 Å². The number of nitrogens with one attached hydrogen (secondary N) is 2. The molecule has 0 aromatic heterocycles. The molecule has 5 heteroatoms. The third-order valence-electron chi connectivity index (χ3n) is 3.55. The van der Waals surface area contributed by atoms with E-state index in [4.69, 9.17) is 10.1 Å². The van der Waals surface area contributed by atoms with Crippen LogP contribution in [0.25, 0.3) is 0 Å². The number of ether oxygens (including phenoxy) is 1. The molecule has 2 aliphatic rings. The third kappa shape index (κ3) is 2.04. The zero-order valence-corrected chi connectivity index (χ0v) is 10.7. The van der Waals surface area contributed by atoms with Crippen molar-refractivity contribution in [3.63, 3.8) is 0 Å². The van der Waals surface area contributed by atoms with E-state index in [0.717, 1.165) is 12.8 Å². The number of nitrogens with zero attached hydrogens (tertiary/aromatic N) is 1. The Kier molecular flexibility index (Phi) is 3.12. The Morgan fingerprint density at radius 1 is 1.65 bits per heavy atom. The van der Waals surface area contributed by atoms with E-state index in [1.165, 1.54) is 0 Å². The van der Waals surface area contributed by atoms with Crippen LogP contribution < -0.4 is 5.32 Å². The first kappa shape index (κ1) is 12.4. The molecule has 2 rings (SSSR count). The molecule has 2 N–H and O–H groups in total. The van der Waals surface area contributed by atoms with Gasteiger partial charge in [-0.15, -0.1) is 0 Å². The molecule has 2 saturated heterocycles. The molecule has 0 aliphatic carbocycles. The van der Waals surface area contributed by atoms with E-state index in [-0.39, 0.29) is 12.1 Å². The van der Waals surface area contributed by atoms with E-state index >= 15 is 0 Å². The van der Waals surface area contributed by atoms with Gasteiger partial charge in [-0.2, -0.15) is 0 Å². The summed E-state index contributed by atoms with van der Waals surface area (Å²) in [7, 11) is 0. The van der Waals surface area contributed by atoms with Crippen LogP contribution in [-0.4, -0.2) is 41.6 Å². The zero-order chi connectivity index (χ0) is 12.6. The smallest absolute Gasteiger partial charge is 0.323 e. The monoisotopic (exact) mass is 239 g/mol. The molecule has 2 amide bonds. The van der Waals surface area contributed by atoms with Crippen molar-refractivity contribution in [3.05, 3.63) is 0 Å². The summed E-state index contributed by atoms with van der Waals surface area (Å²) in [4.78, 5) is 13.8. The van der Waals surface area contributed by atoms with E-state index < -0.39 is 5.54 Å². The van der Waals surface area contributed by atoms with Crippen LogP contribution in [0.4, 0.5) is 4.79 Å². The summed E-state index contributed by atoms with van der Waals surface area (Å²) in [5.41, 5.74) is -0.445. The molecular formula is C12H21N3O2. The fraction of sp³-hybridized carbons (Fsp3) is 0.833. The average Bonchev–Trinajstić information content (AvgIpc) is 2.43. The van der Waals surface area contributed by atoms with Gasteiger partial charge in [0.05, 0.1) is 6.10 Å². The van der Waals surface area contributed by atoms with Crippen molar-refractivity contribution in [1.82, 2.24) is 10.2 Å². The molecule has 17 heavy (non-hydrogen) atoms. The van der Waals surface area contributed by atoms with Gasteiger partial charge in [0.1, 0.15) is 11.4 Å². The summed E-state index contributed by atoms with van der Waals surface area (Å²) in [6.45, 7) is 7.50. The number of amidine groups is 1. The molecule has 96 valence electrons. The Balaban J connectivity index is 2.27. The molecular weight excluding hydrogens is 218 g/mol. The highest BCUT2D eigenvalue weighted by molar-refractivity contribution is 6.08. The molecule has 2 aliphatic heterocycles. The van der Waals surface area contributed by atoms with Gasteiger partial charge in [0, 0.05) is 26.0 Å². The van der Waals surface area contributed by atoms with Gasteiger partial charge in [0.15, 0.2) is 0 Å². The van der Waals surface area contributed by atoms with Crippen LogP contribution in [0.2, 0.25) is 0 Å². The molecule has 0 aromatic rings. The highest BCUT2D eigenvalue weighted by Gasteiger charge is 2.52. The van der Waals surface area contributed by atoms with Gasteiger partial charge in [-0.1, -0.05) is 13.8 Å². The van der Waals surface area contributed by atoms with Crippen LogP contribution in [0.3, 0.4) is 0 Å². The number of urea groups is 1. The number of carbonyl (C=O) groups excluding carboxylic acids is 1. The predicted molar refractivity (Wildman–Crippen MR) is 65.2 cm³/mol. The first-order valence-corrected chi connectivity index (χ1v) is 6.25. The van der Waals surface area contributed by atoms with Crippen molar-refractivity contribution in [2.75, 3.05) is 13.2 Å². The highest BCUT2D eigenvalue weighted by Crippen LogP contribution is 2.35. The second kappa shape index (κ2) is 4.29. The van der Waals surface area contributed by atoms with Gasteiger partial charge in [-0.3, -0.25) is 10.7 Å². The minimum absolute atomic E-state index is 0.103. The molecule has 2 heterocycles. The van der Waals surface area contributed by atoms with E-state index in [1.807, 2.05) is 11.8 Å².